The van der Waals surface area contributed by atoms with Gasteiger partial charge in [-0.3, -0.25) is 4.79 Å². The lowest BCUT2D eigenvalue weighted by atomic mass is 10.1. The minimum absolute atomic E-state index is 0.205. The number of hydrogen-bond donors (Lipinski definition) is 1. The van der Waals surface area contributed by atoms with E-state index in [0.29, 0.717) is 12.1 Å². The molecule has 15 heavy (non-hydrogen) atoms. The molecule has 1 aromatic carbocycles. The Morgan fingerprint density at radius 2 is 2.13 bits per heavy atom. The molecule has 0 saturated carbocycles. The quantitative estimate of drug-likeness (QED) is 0.758. The van der Waals surface area contributed by atoms with Crippen molar-refractivity contribution >= 4 is 11.6 Å². The number of carbonyl (C=O) groups excluding carboxylic acids is 1. The van der Waals surface area contributed by atoms with Gasteiger partial charge in [0.25, 0.3) is 0 Å². The van der Waals surface area contributed by atoms with Gasteiger partial charge in [0, 0.05) is 12.6 Å². The van der Waals surface area contributed by atoms with Crippen molar-refractivity contribution in [3.63, 3.8) is 0 Å². The van der Waals surface area contributed by atoms with E-state index in [1.54, 1.807) is 6.07 Å². The Bertz CT molecular complexity index is 399. The van der Waals surface area contributed by atoms with E-state index in [1.807, 2.05) is 6.92 Å². The van der Waals surface area contributed by atoms with Crippen molar-refractivity contribution in [1.29, 1.82) is 0 Å². The Labute approximate surface area is 88.8 Å². The highest BCUT2D eigenvalue weighted by atomic mass is 19.1. The van der Waals surface area contributed by atoms with Crippen LogP contribution < -0.4 is 5.32 Å². The summed E-state index contributed by atoms with van der Waals surface area (Å²) >= 11 is 0. The molecule has 0 atom stereocenters. The molecule has 80 valence electrons. The Kier molecular flexibility index (Phi) is 3.61. The highest BCUT2D eigenvalue weighted by Crippen LogP contribution is 2.19. The molecule has 0 radical (unpaired) electrons. The van der Waals surface area contributed by atoms with Crippen LogP contribution in [0.15, 0.2) is 30.4 Å². The fraction of sp³-hybridized carbons (Fsp3) is 0.250. The molecule has 0 heterocycles. The van der Waals surface area contributed by atoms with E-state index >= 15 is 0 Å². The van der Waals surface area contributed by atoms with Crippen molar-refractivity contribution in [2.75, 3.05) is 5.32 Å². The van der Waals surface area contributed by atoms with Crippen LogP contribution in [0.2, 0.25) is 0 Å². The van der Waals surface area contributed by atoms with Gasteiger partial charge in [-0.15, -0.1) is 0 Å². The second-order valence-electron chi connectivity index (χ2n) is 3.62. The van der Waals surface area contributed by atoms with Gasteiger partial charge in [0.1, 0.15) is 5.82 Å². The third kappa shape index (κ3) is 3.54. The number of anilines is 1. The molecule has 1 amide bonds. The normalized spacial score (nSPS) is 9.80. The van der Waals surface area contributed by atoms with Crippen LogP contribution in [0.1, 0.15) is 19.4 Å². The van der Waals surface area contributed by atoms with E-state index in [-0.39, 0.29) is 11.7 Å². The van der Waals surface area contributed by atoms with Crippen LogP contribution >= 0.6 is 0 Å². The molecule has 3 heteroatoms. The van der Waals surface area contributed by atoms with Gasteiger partial charge in [-0.05, 0) is 31.0 Å². The smallest absolute Gasteiger partial charge is 0.221 e. The maximum Gasteiger partial charge on any atom is 0.221 e. The zero-order valence-corrected chi connectivity index (χ0v) is 8.93. The molecule has 0 bridgehead atoms. The molecule has 0 aliphatic heterocycles. The molecular weight excluding hydrogens is 193 g/mol. The highest BCUT2D eigenvalue weighted by Gasteiger charge is 2.05. The van der Waals surface area contributed by atoms with E-state index in [0.717, 1.165) is 11.1 Å². The van der Waals surface area contributed by atoms with Gasteiger partial charge >= 0.3 is 0 Å². The minimum Gasteiger partial charge on any atom is -0.326 e. The third-order valence-corrected chi connectivity index (χ3v) is 1.87. The van der Waals surface area contributed by atoms with Crippen molar-refractivity contribution in [2.24, 2.45) is 0 Å². The van der Waals surface area contributed by atoms with E-state index in [2.05, 4.69) is 11.9 Å². The maximum atomic E-state index is 13.0. The van der Waals surface area contributed by atoms with Gasteiger partial charge in [0.2, 0.25) is 5.91 Å². The van der Waals surface area contributed by atoms with E-state index in [9.17, 15) is 9.18 Å². The van der Waals surface area contributed by atoms with Gasteiger partial charge in [-0.25, -0.2) is 4.39 Å². The first kappa shape index (κ1) is 11.4. The molecule has 0 fully saturated rings. The Morgan fingerprint density at radius 3 is 2.67 bits per heavy atom. The summed E-state index contributed by atoms with van der Waals surface area (Å²) in [6.07, 6.45) is 0.635. The topological polar surface area (TPSA) is 29.1 Å². The number of halogens is 1. The fourth-order valence-electron chi connectivity index (χ4n) is 1.33. The lowest BCUT2D eigenvalue weighted by molar-refractivity contribution is -0.114. The molecule has 0 aliphatic rings. The summed E-state index contributed by atoms with van der Waals surface area (Å²) in [5.74, 6) is -0.562. The summed E-state index contributed by atoms with van der Waals surface area (Å²) in [7, 11) is 0. The van der Waals surface area contributed by atoms with Crippen LogP contribution in [0.25, 0.3) is 0 Å². The molecule has 1 aromatic rings. The molecular formula is C12H14FNO. The zero-order chi connectivity index (χ0) is 11.4. The van der Waals surface area contributed by atoms with E-state index in [1.165, 1.54) is 19.1 Å². The summed E-state index contributed by atoms with van der Waals surface area (Å²) in [5.41, 5.74) is 2.36. The molecule has 1 N–H and O–H groups in total. The van der Waals surface area contributed by atoms with Crippen molar-refractivity contribution in [3.05, 3.63) is 41.7 Å². The number of amides is 1. The summed E-state index contributed by atoms with van der Waals surface area (Å²) in [6, 6.07) is 4.36. The lowest BCUT2D eigenvalue weighted by Crippen LogP contribution is -2.08. The molecule has 0 spiro atoms. The molecule has 1 rings (SSSR count). The Balaban J connectivity index is 3.02. The van der Waals surface area contributed by atoms with Crippen LogP contribution in [0.4, 0.5) is 10.1 Å². The summed E-state index contributed by atoms with van der Waals surface area (Å²) in [5, 5.41) is 2.60. The van der Waals surface area contributed by atoms with Gasteiger partial charge in [-0.1, -0.05) is 18.2 Å². The third-order valence-electron chi connectivity index (χ3n) is 1.87. The zero-order valence-electron chi connectivity index (χ0n) is 8.93. The first-order valence-corrected chi connectivity index (χ1v) is 4.69. The summed E-state index contributed by atoms with van der Waals surface area (Å²) in [4.78, 5) is 10.9. The second kappa shape index (κ2) is 4.73. The average molecular weight is 207 g/mol. The largest absolute Gasteiger partial charge is 0.326 e. The van der Waals surface area contributed by atoms with Crippen molar-refractivity contribution in [1.82, 2.24) is 0 Å². The molecule has 0 aromatic heterocycles. The Morgan fingerprint density at radius 1 is 1.47 bits per heavy atom. The molecule has 0 saturated heterocycles. The number of carbonyl (C=O) groups is 1. The van der Waals surface area contributed by atoms with E-state index in [4.69, 9.17) is 0 Å². The second-order valence-corrected chi connectivity index (χ2v) is 3.62. The van der Waals surface area contributed by atoms with Crippen LogP contribution in [0.3, 0.4) is 0 Å². The molecule has 0 aliphatic carbocycles. The predicted octanol–water partition coefficient (Wildman–Crippen LogP) is 2.90. The highest BCUT2D eigenvalue weighted by molar-refractivity contribution is 5.89. The van der Waals surface area contributed by atoms with Gasteiger partial charge < -0.3 is 5.32 Å². The number of nitrogens with one attached hydrogen (secondary N) is 1. The molecule has 2 nitrogen and oxygen atoms in total. The molecule has 0 unspecified atom stereocenters. The predicted molar refractivity (Wildman–Crippen MR) is 59.2 cm³/mol. The van der Waals surface area contributed by atoms with Crippen molar-refractivity contribution in [2.45, 2.75) is 20.3 Å². The average Bonchev–Trinajstić information content (AvgIpc) is 2.08. The maximum absolute atomic E-state index is 13.0. The number of benzene rings is 1. The van der Waals surface area contributed by atoms with Gasteiger partial charge in [0.05, 0.1) is 0 Å². The number of rotatable bonds is 3. The first-order valence-electron chi connectivity index (χ1n) is 4.69. The van der Waals surface area contributed by atoms with Crippen LogP contribution in [-0.2, 0) is 11.2 Å². The number of allylic oxidation sites excluding steroid dienone is 1. The van der Waals surface area contributed by atoms with Crippen LogP contribution in [0, 0.1) is 5.82 Å². The standard InChI is InChI=1S/C12H14FNO/c1-8(2)6-10-4-5-11(13)7-12(10)14-9(3)15/h4-5,7H,1,6H2,2-3H3,(H,14,15). The van der Waals surface area contributed by atoms with E-state index < -0.39 is 0 Å². The summed E-state index contributed by atoms with van der Waals surface area (Å²) in [6.45, 7) is 7.07. The van der Waals surface area contributed by atoms with Gasteiger partial charge in [-0.2, -0.15) is 0 Å². The van der Waals surface area contributed by atoms with Crippen LogP contribution in [-0.4, -0.2) is 5.91 Å². The summed E-state index contributed by atoms with van der Waals surface area (Å²) < 4.78 is 13.0. The first-order chi connectivity index (χ1) is 6.99. The minimum atomic E-state index is -0.357. The van der Waals surface area contributed by atoms with Crippen LogP contribution in [0.5, 0.6) is 0 Å². The Hall–Kier alpha value is -1.64. The SMILES string of the molecule is C=C(C)Cc1ccc(F)cc1NC(C)=O. The fourth-order valence-corrected chi connectivity index (χ4v) is 1.33. The van der Waals surface area contributed by atoms with Crippen molar-refractivity contribution in [3.8, 4) is 0 Å². The number of hydrogen-bond acceptors (Lipinski definition) is 1. The van der Waals surface area contributed by atoms with Gasteiger partial charge in [0.15, 0.2) is 0 Å². The van der Waals surface area contributed by atoms with Crippen molar-refractivity contribution < 1.29 is 9.18 Å². The lowest BCUT2D eigenvalue weighted by Gasteiger charge is -2.09. The monoisotopic (exact) mass is 207 g/mol.